The maximum absolute atomic E-state index is 2.55. The molecular weight excluding hydrogens is 485 g/mol. The van der Waals surface area contributed by atoms with Gasteiger partial charge in [-0.2, -0.15) is 0 Å². The van der Waals surface area contributed by atoms with Crippen molar-refractivity contribution in [1.82, 2.24) is 0 Å². The van der Waals surface area contributed by atoms with Gasteiger partial charge < -0.3 is 49.6 Å². The monoisotopic (exact) mass is 512 g/mol. The predicted octanol–water partition coefficient (Wildman–Crippen LogP) is -5.60. The van der Waals surface area contributed by atoms with Gasteiger partial charge in [-0.25, -0.2) is 0 Å². The molecule has 0 amide bonds. The summed E-state index contributed by atoms with van der Waals surface area (Å²) in [5.74, 6) is 0. The molecule has 2 aromatic carbocycles. The van der Waals surface area contributed by atoms with Crippen molar-refractivity contribution in [3.8, 4) is 0 Å². The topological polar surface area (TPSA) is 0 Å². The van der Waals surface area contributed by atoms with Crippen molar-refractivity contribution in [3.05, 3.63) is 72.1 Å². The second kappa shape index (κ2) is 22.2. The van der Waals surface area contributed by atoms with E-state index in [-0.39, 0.29) is 79.3 Å². The average Bonchev–Trinajstić information content (AvgIpc) is 2.61. The van der Waals surface area contributed by atoms with Crippen LogP contribution in [0.2, 0.25) is 0 Å². The molecule has 0 heterocycles. The molecule has 0 N–H and O–H groups in total. The summed E-state index contributed by atoms with van der Waals surface area (Å²) in [5.41, 5.74) is 0. The van der Waals surface area contributed by atoms with E-state index >= 15 is 0 Å². The maximum atomic E-state index is 2.55. The predicted molar refractivity (Wildman–Crippen MR) is 106 cm³/mol. The zero-order valence-electron chi connectivity index (χ0n) is 16.6. The Morgan fingerprint density at radius 2 is 1.14 bits per heavy atom. The molecule has 2 rings (SSSR count). The van der Waals surface area contributed by atoms with Gasteiger partial charge in [-0.1, -0.05) is 99.8 Å². The van der Waals surface area contributed by atoms with Gasteiger partial charge >= 0.3 is 21.7 Å². The van der Waals surface area contributed by atoms with Crippen LogP contribution in [0.5, 0.6) is 0 Å². The van der Waals surface area contributed by atoms with Gasteiger partial charge in [-0.3, -0.25) is 0 Å². The molecule has 0 aliphatic rings. The van der Waals surface area contributed by atoms with Crippen LogP contribution in [0.3, 0.4) is 0 Å². The van der Waals surface area contributed by atoms with Crippen molar-refractivity contribution in [2.45, 2.75) is 52.4 Å². The minimum atomic E-state index is -0.381. The van der Waals surface area contributed by atoms with Gasteiger partial charge in [-0.15, -0.1) is 0 Å². The Morgan fingerprint density at radius 3 is 1.54 bits per heavy atom. The maximum Gasteiger partial charge on any atom is 4.00 e. The van der Waals surface area contributed by atoms with Crippen LogP contribution in [-0.4, -0.2) is 0 Å². The molecule has 0 radical (unpaired) electrons. The molecule has 0 saturated carbocycles. The van der Waals surface area contributed by atoms with E-state index in [0.29, 0.717) is 0 Å². The summed E-state index contributed by atoms with van der Waals surface area (Å²) in [7, 11) is -0.381. The molecule has 0 bridgehead atoms. The number of allylic oxidation sites excluding steroid dienone is 2. The summed E-state index contributed by atoms with van der Waals surface area (Å²) < 4.78 is 0. The summed E-state index contributed by atoms with van der Waals surface area (Å²) in [6, 6.07) is 22.2. The van der Waals surface area contributed by atoms with Gasteiger partial charge in [0.2, 0.25) is 0 Å². The first-order valence-electron chi connectivity index (χ1n) is 8.96. The van der Waals surface area contributed by atoms with E-state index in [1.165, 1.54) is 49.1 Å². The Labute approximate surface area is 213 Å². The van der Waals surface area contributed by atoms with Gasteiger partial charge in [0.25, 0.3) is 0 Å². The molecule has 0 aliphatic carbocycles. The molecule has 6 heteroatoms. The molecular formula is C22H29Cl4PTi. The third kappa shape index (κ3) is 12.2. The largest absolute Gasteiger partial charge is 4.00 e. The quantitative estimate of drug-likeness (QED) is 0.178. The van der Waals surface area contributed by atoms with Crippen molar-refractivity contribution in [1.29, 1.82) is 0 Å². The minimum absolute atomic E-state index is 0. The van der Waals surface area contributed by atoms with Gasteiger partial charge in [0.1, 0.15) is 0 Å². The first-order valence-corrected chi connectivity index (χ1v) is 10.3. The Morgan fingerprint density at radius 1 is 0.714 bits per heavy atom. The van der Waals surface area contributed by atoms with Crippen LogP contribution in [-0.2, 0) is 21.7 Å². The summed E-state index contributed by atoms with van der Waals surface area (Å²) >= 11 is 0. The summed E-state index contributed by atoms with van der Waals surface area (Å²) in [6.07, 6.45) is 10.1. The fourth-order valence-corrected chi connectivity index (χ4v) is 5.37. The summed E-state index contributed by atoms with van der Waals surface area (Å²) in [6.45, 7) is 4.56. The van der Waals surface area contributed by atoms with E-state index in [1.807, 2.05) is 0 Å². The first kappa shape index (κ1) is 35.9. The van der Waals surface area contributed by atoms with Crippen molar-refractivity contribution in [2.75, 3.05) is 0 Å². The SMILES string of the molecule is CCCCC=C(CCCC)P(c1ccccc1)c1ccccc1.[Cl-].[Cl-].[Cl-].[Cl-].[Ti+4]. The van der Waals surface area contributed by atoms with Gasteiger partial charge in [0.05, 0.1) is 0 Å². The van der Waals surface area contributed by atoms with E-state index < -0.39 is 0 Å². The normalized spacial score (nSPS) is 9.75. The van der Waals surface area contributed by atoms with E-state index in [9.17, 15) is 0 Å². The third-order valence-corrected chi connectivity index (χ3v) is 6.65. The van der Waals surface area contributed by atoms with E-state index in [4.69, 9.17) is 0 Å². The molecule has 28 heavy (non-hydrogen) atoms. The molecule has 0 atom stereocenters. The second-order valence-electron chi connectivity index (χ2n) is 5.95. The summed E-state index contributed by atoms with van der Waals surface area (Å²) in [5, 5.41) is 4.62. The number of hydrogen-bond donors (Lipinski definition) is 0. The molecule has 154 valence electrons. The second-order valence-corrected chi connectivity index (χ2v) is 8.23. The molecule has 0 unspecified atom stereocenters. The van der Waals surface area contributed by atoms with Crippen LogP contribution < -0.4 is 60.2 Å². The number of halogens is 4. The van der Waals surface area contributed by atoms with Crippen molar-refractivity contribution < 1.29 is 71.3 Å². The smallest absolute Gasteiger partial charge is 1.00 e. The molecule has 0 aromatic heterocycles. The van der Waals surface area contributed by atoms with Crippen molar-refractivity contribution >= 4 is 18.5 Å². The van der Waals surface area contributed by atoms with Crippen LogP contribution in [0, 0.1) is 0 Å². The van der Waals surface area contributed by atoms with E-state index in [2.05, 4.69) is 80.6 Å². The third-order valence-electron chi connectivity index (χ3n) is 4.04. The van der Waals surface area contributed by atoms with Gasteiger partial charge in [0.15, 0.2) is 0 Å². The van der Waals surface area contributed by atoms with Crippen LogP contribution in [0.1, 0.15) is 52.4 Å². The van der Waals surface area contributed by atoms with Crippen molar-refractivity contribution in [2.24, 2.45) is 0 Å². The number of rotatable bonds is 9. The molecule has 0 fully saturated rings. The van der Waals surface area contributed by atoms with E-state index in [0.717, 1.165) is 0 Å². The van der Waals surface area contributed by atoms with Crippen LogP contribution in [0.4, 0.5) is 0 Å². The molecule has 0 nitrogen and oxygen atoms in total. The zero-order valence-corrected chi connectivity index (χ0v) is 22.0. The molecule has 0 aliphatic heterocycles. The summed E-state index contributed by atoms with van der Waals surface area (Å²) in [4.78, 5) is 0. The Bertz CT molecular complexity index is 555. The number of benzene rings is 2. The fourth-order valence-electron chi connectivity index (χ4n) is 2.77. The minimum Gasteiger partial charge on any atom is -1.00 e. The van der Waals surface area contributed by atoms with Crippen molar-refractivity contribution in [3.63, 3.8) is 0 Å². The average molecular weight is 514 g/mol. The Kier molecular flexibility index (Phi) is 28.4. The first-order chi connectivity index (χ1) is 11.4. The fraction of sp³-hybridized carbons (Fsp3) is 0.364. The Hall–Kier alpha value is 0.484. The van der Waals surface area contributed by atoms with Gasteiger partial charge in [0, 0.05) is 0 Å². The van der Waals surface area contributed by atoms with Crippen LogP contribution in [0.15, 0.2) is 72.1 Å². The standard InChI is InChI=1S/C22H29P.4ClH.Ti/c1-3-5-9-15-20(14-6-4-2)23(21-16-10-7-11-17-21)22-18-12-8-13-19-22;;;;;/h7-8,10-13,15-19H,3-6,9,14H2,1-2H3;4*1H;/q;;;;;+4/p-4. The number of unbranched alkanes of at least 4 members (excludes halogenated alkanes) is 3. The van der Waals surface area contributed by atoms with Crippen LogP contribution in [0.25, 0.3) is 0 Å². The molecule has 0 spiro atoms. The Balaban J connectivity index is -0.000000576. The van der Waals surface area contributed by atoms with Gasteiger partial charge in [-0.05, 0) is 43.1 Å². The van der Waals surface area contributed by atoms with E-state index in [1.54, 1.807) is 5.31 Å². The molecule has 0 saturated heterocycles. The number of hydrogen-bond acceptors (Lipinski definition) is 0. The molecule has 2 aromatic rings. The van der Waals surface area contributed by atoms with Crippen LogP contribution >= 0.6 is 7.92 Å². The zero-order chi connectivity index (χ0) is 16.3.